The van der Waals surface area contributed by atoms with Crippen LogP contribution in [0.25, 0.3) is 0 Å². The molecule has 0 fully saturated rings. The first-order valence-electron chi connectivity index (χ1n) is 5.74. The van der Waals surface area contributed by atoms with Gasteiger partial charge in [-0.05, 0) is 17.7 Å². The molecule has 0 saturated carbocycles. The van der Waals surface area contributed by atoms with Gasteiger partial charge in [-0.1, -0.05) is 29.8 Å². The standard InChI is InChI=1S/C13H9ClF3N3O/c14-9-4-2-1-3-8(9)11(12(18)21)10-5-7(6-19-20-10)13(15,16)17/h1-6,11H,(H2,18,21). The highest BCUT2D eigenvalue weighted by Crippen LogP contribution is 2.33. The predicted molar refractivity (Wildman–Crippen MR) is 69.5 cm³/mol. The lowest BCUT2D eigenvalue weighted by Crippen LogP contribution is -2.24. The van der Waals surface area contributed by atoms with Crippen molar-refractivity contribution >= 4 is 17.5 Å². The zero-order valence-electron chi connectivity index (χ0n) is 10.4. The number of carbonyl (C=O) groups is 1. The van der Waals surface area contributed by atoms with Gasteiger partial charge in [0, 0.05) is 5.02 Å². The van der Waals surface area contributed by atoms with Crippen molar-refractivity contribution in [3.8, 4) is 0 Å². The van der Waals surface area contributed by atoms with E-state index in [1.54, 1.807) is 12.1 Å². The lowest BCUT2D eigenvalue weighted by atomic mass is 9.94. The molecule has 8 heteroatoms. The maximum Gasteiger partial charge on any atom is 0.418 e. The SMILES string of the molecule is NC(=O)C(c1cc(C(F)(F)F)cnn1)c1ccccc1Cl. The topological polar surface area (TPSA) is 68.9 Å². The first-order valence-corrected chi connectivity index (χ1v) is 6.12. The van der Waals surface area contributed by atoms with Gasteiger partial charge in [-0.3, -0.25) is 4.79 Å². The van der Waals surface area contributed by atoms with E-state index in [0.717, 1.165) is 6.07 Å². The zero-order chi connectivity index (χ0) is 15.6. The van der Waals surface area contributed by atoms with E-state index in [-0.39, 0.29) is 16.3 Å². The molecule has 110 valence electrons. The van der Waals surface area contributed by atoms with Gasteiger partial charge >= 0.3 is 6.18 Å². The van der Waals surface area contributed by atoms with E-state index in [2.05, 4.69) is 10.2 Å². The summed E-state index contributed by atoms with van der Waals surface area (Å²) in [5.74, 6) is -2.06. The van der Waals surface area contributed by atoms with Gasteiger partial charge in [-0.2, -0.15) is 23.4 Å². The molecule has 2 N–H and O–H groups in total. The third kappa shape index (κ3) is 3.30. The van der Waals surface area contributed by atoms with Crippen molar-refractivity contribution in [2.75, 3.05) is 0 Å². The lowest BCUT2D eigenvalue weighted by Gasteiger charge is -2.15. The Bertz CT molecular complexity index is 676. The Morgan fingerprint density at radius 2 is 1.95 bits per heavy atom. The van der Waals surface area contributed by atoms with E-state index in [0.29, 0.717) is 6.20 Å². The summed E-state index contributed by atoms with van der Waals surface area (Å²) in [5, 5.41) is 7.08. The fourth-order valence-corrected chi connectivity index (χ4v) is 2.09. The molecule has 2 rings (SSSR count). The second kappa shape index (κ2) is 5.69. The Morgan fingerprint density at radius 1 is 1.29 bits per heavy atom. The van der Waals surface area contributed by atoms with E-state index in [1.165, 1.54) is 12.1 Å². The van der Waals surface area contributed by atoms with Gasteiger partial charge in [0.05, 0.1) is 17.5 Å². The Morgan fingerprint density at radius 3 is 2.52 bits per heavy atom. The van der Waals surface area contributed by atoms with Crippen LogP contribution in [0.15, 0.2) is 36.5 Å². The fourth-order valence-electron chi connectivity index (χ4n) is 1.85. The summed E-state index contributed by atoms with van der Waals surface area (Å²) in [4.78, 5) is 11.6. The predicted octanol–water partition coefficient (Wildman–Crippen LogP) is 2.77. The summed E-state index contributed by atoms with van der Waals surface area (Å²) >= 11 is 5.96. The van der Waals surface area contributed by atoms with Crippen LogP contribution in [0.1, 0.15) is 22.7 Å². The molecule has 1 aromatic carbocycles. The number of carbonyl (C=O) groups excluding carboxylic acids is 1. The van der Waals surface area contributed by atoms with Crippen LogP contribution in [-0.2, 0) is 11.0 Å². The quantitative estimate of drug-likeness (QED) is 0.947. The Labute approximate surface area is 122 Å². The highest BCUT2D eigenvalue weighted by molar-refractivity contribution is 6.31. The first kappa shape index (κ1) is 15.2. The molecule has 0 bridgehead atoms. The van der Waals surface area contributed by atoms with Gasteiger partial charge in [-0.15, -0.1) is 0 Å². The van der Waals surface area contributed by atoms with Crippen LogP contribution in [0.4, 0.5) is 13.2 Å². The number of benzene rings is 1. The van der Waals surface area contributed by atoms with E-state index in [1.807, 2.05) is 0 Å². The number of rotatable bonds is 3. The van der Waals surface area contributed by atoms with Gasteiger partial charge < -0.3 is 5.73 Å². The Balaban J connectivity index is 2.55. The van der Waals surface area contributed by atoms with Crippen LogP contribution >= 0.6 is 11.6 Å². The van der Waals surface area contributed by atoms with E-state index in [4.69, 9.17) is 17.3 Å². The van der Waals surface area contributed by atoms with E-state index >= 15 is 0 Å². The number of hydrogen-bond acceptors (Lipinski definition) is 3. The van der Waals surface area contributed by atoms with Gasteiger partial charge in [-0.25, -0.2) is 0 Å². The minimum atomic E-state index is -4.59. The van der Waals surface area contributed by atoms with Crippen LogP contribution in [0.3, 0.4) is 0 Å². The summed E-state index contributed by atoms with van der Waals surface area (Å²) < 4.78 is 38.1. The van der Waals surface area contributed by atoms with Crippen LogP contribution in [0.5, 0.6) is 0 Å². The van der Waals surface area contributed by atoms with Crippen molar-refractivity contribution in [2.24, 2.45) is 5.73 Å². The number of alkyl halides is 3. The Hall–Kier alpha value is -2.15. The molecule has 1 unspecified atom stereocenters. The highest BCUT2D eigenvalue weighted by Gasteiger charge is 2.33. The van der Waals surface area contributed by atoms with Gasteiger partial charge in [0.25, 0.3) is 0 Å². The van der Waals surface area contributed by atoms with Gasteiger partial charge in [0.1, 0.15) is 5.92 Å². The zero-order valence-corrected chi connectivity index (χ0v) is 11.2. The van der Waals surface area contributed by atoms with Gasteiger partial charge in [0.2, 0.25) is 5.91 Å². The third-order valence-corrected chi connectivity index (χ3v) is 3.14. The molecule has 0 radical (unpaired) electrons. The van der Waals surface area contributed by atoms with E-state index < -0.39 is 23.6 Å². The number of primary amides is 1. The minimum absolute atomic E-state index is 0.203. The molecule has 0 aliphatic carbocycles. The largest absolute Gasteiger partial charge is 0.418 e. The number of amides is 1. The second-order valence-corrected chi connectivity index (χ2v) is 4.63. The number of aromatic nitrogens is 2. The maximum absolute atomic E-state index is 12.7. The molecule has 4 nitrogen and oxygen atoms in total. The molecule has 1 amide bonds. The normalized spacial score (nSPS) is 13.0. The molecule has 21 heavy (non-hydrogen) atoms. The fraction of sp³-hybridized carbons (Fsp3) is 0.154. The van der Waals surface area contributed by atoms with Crippen molar-refractivity contribution in [1.29, 1.82) is 0 Å². The second-order valence-electron chi connectivity index (χ2n) is 4.22. The molecule has 2 aromatic rings. The average molecular weight is 316 g/mol. The monoisotopic (exact) mass is 315 g/mol. The number of nitrogens with two attached hydrogens (primary N) is 1. The molecule has 0 saturated heterocycles. The van der Waals surface area contributed by atoms with Crippen molar-refractivity contribution in [2.45, 2.75) is 12.1 Å². The minimum Gasteiger partial charge on any atom is -0.369 e. The summed E-state index contributed by atoms with van der Waals surface area (Å²) in [5.41, 5.74) is 4.35. The number of hydrogen-bond donors (Lipinski definition) is 1. The highest BCUT2D eigenvalue weighted by atomic mass is 35.5. The number of halogens is 4. The molecule has 1 heterocycles. The summed E-state index contributed by atoms with van der Waals surface area (Å²) in [7, 11) is 0. The van der Waals surface area contributed by atoms with E-state index in [9.17, 15) is 18.0 Å². The first-order chi connectivity index (χ1) is 9.80. The molecule has 1 atom stereocenters. The average Bonchev–Trinajstić information content (AvgIpc) is 2.40. The molecule has 0 spiro atoms. The summed E-state index contributed by atoms with van der Waals surface area (Å²) in [6.07, 6.45) is -4.01. The van der Waals surface area contributed by atoms with Crippen LogP contribution in [-0.4, -0.2) is 16.1 Å². The molecular weight excluding hydrogens is 307 g/mol. The van der Waals surface area contributed by atoms with Crippen molar-refractivity contribution < 1.29 is 18.0 Å². The van der Waals surface area contributed by atoms with Crippen LogP contribution in [0, 0.1) is 0 Å². The van der Waals surface area contributed by atoms with Crippen molar-refractivity contribution in [3.63, 3.8) is 0 Å². The maximum atomic E-state index is 12.7. The molecule has 0 aliphatic heterocycles. The molecular formula is C13H9ClF3N3O. The van der Waals surface area contributed by atoms with Crippen LogP contribution < -0.4 is 5.73 Å². The lowest BCUT2D eigenvalue weighted by molar-refractivity contribution is -0.138. The van der Waals surface area contributed by atoms with Crippen molar-refractivity contribution in [1.82, 2.24) is 10.2 Å². The van der Waals surface area contributed by atoms with Crippen LogP contribution in [0.2, 0.25) is 5.02 Å². The van der Waals surface area contributed by atoms with Crippen molar-refractivity contribution in [3.05, 3.63) is 58.4 Å². The third-order valence-electron chi connectivity index (χ3n) is 2.80. The number of nitrogens with zero attached hydrogens (tertiary/aromatic N) is 2. The summed E-state index contributed by atoms with van der Waals surface area (Å²) in [6, 6.07) is 6.97. The smallest absolute Gasteiger partial charge is 0.369 e. The Kier molecular flexibility index (Phi) is 4.13. The molecule has 1 aromatic heterocycles. The summed E-state index contributed by atoms with van der Waals surface area (Å²) in [6.45, 7) is 0. The molecule has 0 aliphatic rings. The van der Waals surface area contributed by atoms with Gasteiger partial charge in [0.15, 0.2) is 0 Å².